The van der Waals surface area contributed by atoms with Crippen LogP contribution in [0.2, 0.25) is 5.02 Å². The van der Waals surface area contributed by atoms with Gasteiger partial charge in [0.2, 0.25) is 0 Å². The lowest BCUT2D eigenvalue weighted by molar-refractivity contribution is 0.481. The number of anilines is 1. The number of nitrogen functional groups attached to an aromatic ring is 1. The van der Waals surface area contributed by atoms with Gasteiger partial charge < -0.3 is 10.8 Å². The van der Waals surface area contributed by atoms with E-state index in [2.05, 4.69) is 0 Å². The zero-order valence-electron chi connectivity index (χ0n) is 10.5. The van der Waals surface area contributed by atoms with E-state index in [0.29, 0.717) is 15.6 Å². The van der Waals surface area contributed by atoms with Crippen LogP contribution in [0.25, 0.3) is 21.6 Å². The van der Waals surface area contributed by atoms with E-state index in [0.717, 1.165) is 16.0 Å². The first-order chi connectivity index (χ1) is 9.66. The third-order valence-electron chi connectivity index (χ3n) is 3.06. The molecule has 0 aliphatic rings. The molecule has 3 N–H and O–H groups in total. The molecule has 3 aromatic rings. The molecule has 0 fully saturated rings. The fourth-order valence-electron chi connectivity index (χ4n) is 2.15. The summed E-state index contributed by atoms with van der Waals surface area (Å²) in [5.41, 5.74) is 8.51. The summed E-state index contributed by atoms with van der Waals surface area (Å²) in [7, 11) is 0. The van der Waals surface area contributed by atoms with Gasteiger partial charge in [0.05, 0.1) is 15.4 Å². The third kappa shape index (κ3) is 2.26. The Balaban J connectivity index is 2.17. The van der Waals surface area contributed by atoms with Crippen LogP contribution in [0.3, 0.4) is 0 Å². The zero-order chi connectivity index (χ0) is 14.1. The van der Waals surface area contributed by atoms with Crippen molar-refractivity contribution in [2.75, 3.05) is 5.73 Å². The Morgan fingerprint density at radius 1 is 0.950 bits per heavy atom. The smallest absolute Gasteiger partial charge is 0.144 e. The van der Waals surface area contributed by atoms with Gasteiger partial charge >= 0.3 is 0 Å². The minimum Gasteiger partial charge on any atom is -0.506 e. The van der Waals surface area contributed by atoms with Gasteiger partial charge in [-0.25, -0.2) is 0 Å². The topological polar surface area (TPSA) is 46.2 Å². The van der Waals surface area contributed by atoms with Crippen LogP contribution in [-0.2, 0) is 0 Å². The second-order valence-corrected chi connectivity index (χ2v) is 5.88. The van der Waals surface area contributed by atoms with Gasteiger partial charge in [0.1, 0.15) is 5.75 Å². The molecule has 0 aliphatic heterocycles. The quantitative estimate of drug-likeness (QED) is 0.698. The van der Waals surface area contributed by atoms with Crippen molar-refractivity contribution in [2.45, 2.75) is 0 Å². The SMILES string of the molecule is Nc1sc(-c2ccccc2)c(O)c1-c1cccc(Cl)c1. The second kappa shape index (κ2) is 5.19. The van der Waals surface area contributed by atoms with Crippen molar-refractivity contribution in [3.05, 3.63) is 59.6 Å². The first-order valence-electron chi connectivity index (χ1n) is 6.09. The molecule has 0 unspecified atom stereocenters. The molecule has 1 heterocycles. The number of aromatic hydroxyl groups is 1. The average molecular weight is 302 g/mol. The normalized spacial score (nSPS) is 10.7. The van der Waals surface area contributed by atoms with E-state index in [1.165, 1.54) is 11.3 Å². The molecule has 1 aromatic heterocycles. The maximum Gasteiger partial charge on any atom is 0.144 e. The van der Waals surface area contributed by atoms with E-state index in [1.54, 1.807) is 12.1 Å². The molecule has 0 bridgehead atoms. The summed E-state index contributed by atoms with van der Waals surface area (Å²) in [4.78, 5) is 0.776. The molecule has 3 rings (SSSR count). The molecule has 0 saturated heterocycles. The molecular formula is C16H12ClNOS. The lowest BCUT2D eigenvalue weighted by atomic mass is 10.1. The third-order valence-corrected chi connectivity index (χ3v) is 4.35. The number of rotatable bonds is 2. The highest BCUT2D eigenvalue weighted by Crippen LogP contribution is 2.49. The molecule has 2 aromatic carbocycles. The van der Waals surface area contributed by atoms with Gasteiger partial charge in [0, 0.05) is 5.02 Å². The summed E-state index contributed by atoms with van der Waals surface area (Å²) in [5, 5.41) is 11.7. The number of hydrogen-bond donors (Lipinski definition) is 2. The largest absolute Gasteiger partial charge is 0.506 e. The first kappa shape index (κ1) is 13.0. The van der Waals surface area contributed by atoms with E-state index in [9.17, 15) is 5.11 Å². The van der Waals surface area contributed by atoms with Gasteiger partial charge in [-0.3, -0.25) is 0 Å². The highest BCUT2D eigenvalue weighted by Gasteiger charge is 2.18. The Morgan fingerprint density at radius 3 is 2.35 bits per heavy atom. The predicted molar refractivity (Wildman–Crippen MR) is 86.3 cm³/mol. The number of hydrogen-bond acceptors (Lipinski definition) is 3. The van der Waals surface area contributed by atoms with Crippen LogP contribution < -0.4 is 5.73 Å². The van der Waals surface area contributed by atoms with Crippen molar-refractivity contribution in [2.24, 2.45) is 0 Å². The predicted octanol–water partition coefficient (Wildman–Crippen LogP) is 5.02. The van der Waals surface area contributed by atoms with E-state index in [-0.39, 0.29) is 5.75 Å². The lowest BCUT2D eigenvalue weighted by Gasteiger charge is -2.03. The lowest BCUT2D eigenvalue weighted by Crippen LogP contribution is -1.83. The number of thiophene rings is 1. The molecule has 0 radical (unpaired) electrons. The van der Waals surface area contributed by atoms with E-state index in [1.807, 2.05) is 42.5 Å². The Morgan fingerprint density at radius 2 is 1.65 bits per heavy atom. The van der Waals surface area contributed by atoms with Gasteiger partial charge in [0.15, 0.2) is 0 Å². The molecule has 100 valence electrons. The molecule has 0 atom stereocenters. The second-order valence-electron chi connectivity index (χ2n) is 4.40. The van der Waals surface area contributed by atoms with Crippen LogP contribution in [0, 0.1) is 0 Å². The Bertz CT molecular complexity index is 752. The monoisotopic (exact) mass is 301 g/mol. The highest BCUT2D eigenvalue weighted by atomic mass is 35.5. The molecule has 0 aliphatic carbocycles. The first-order valence-corrected chi connectivity index (χ1v) is 7.29. The fraction of sp³-hybridized carbons (Fsp3) is 0. The van der Waals surface area contributed by atoms with Crippen LogP contribution >= 0.6 is 22.9 Å². The molecule has 0 saturated carbocycles. The Kier molecular flexibility index (Phi) is 3.38. The van der Waals surface area contributed by atoms with Crippen molar-refractivity contribution in [1.29, 1.82) is 0 Å². The highest BCUT2D eigenvalue weighted by molar-refractivity contribution is 7.20. The molecule has 0 amide bonds. The fourth-order valence-corrected chi connectivity index (χ4v) is 3.33. The van der Waals surface area contributed by atoms with Gasteiger partial charge in [0.25, 0.3) is 0 Å². The van der Waals surface area contributed by atoms with Gasteiger partial charge in [-0.05, 0) is 23.3 Å². The summed E-state index contributed by atoms with van der Waals surface area (Å²) in [6.45, 7) is 0. The number of benzene rings is 2. The maximum atomic E-state index is 10.5. The van der Waals surface area contributed by atoms with Crippen LogP contribution in [0.1, 0.15) is 0 Å². The Hall–Kier alpha value is -1.97. The van der Waals surface area contributed by atoms with Crippen LogP contribution in [0.5, 0.6) is 5.75 Å². The van der Waals surface area contributed by atoms with Crippen molar-refractivity contribution in [3.63, 3.8) is 0 Å². The van der Waals surface area contributed by atoms with Gasteiger partial charge in [-0.1, -0.05) is 54.1 Å². The maximum absolute atomic E-state index is 10.5. The minimum atomic E-state index is 0.209. The summed E-state index contributed by atoms with van der Waals surface area (Å²) in [5.74, 6) is 0.209. The van der Waals surface area contributed by atoms with Crippen molar-refractivity contribution in [1.82, 2.24) is 0 Å². The zero-order valence-corrected chi connectivity index (χ0v) is 12.1. The summed E-state index contributed by atoms with van der Waals surface area (Å²) >= 11 is 7.38. The van der Waals surface area contributed by atoms with E-state index >= 15 is 0 Å². The number of halogens is 1. The van der Waals surface area contributed by atoms with E-state index in [4.69, 9.17) is 17.3 Å². The Labute approximate surface area is 126 Å². The minimum absolute atomic E-state index is 0.209. The molecule has 0 spiro atoms. The van der Waals surface area contributed by atoms with Crippen molar-refractivity contribution in [3.8, 4) is 27.3 Å². The standard InChI is InChI=1S/C16H12ClNOS/c17-12-8-4-7-11(9-12)13-14(19)15(20-16(13)18)10-5-2-1-3-6-10/h1-9,19H,18H2. The number of nitrogens with two attached hydrogens (primary N) is 1. The average Bonchev–Trinajstić information content (AvgIpc) is 2.75. The van der Waals surface area contributed by atoms with Crippen molar-refractivity contribution < 1.29 is 5.11 Å². The molecule has 20 heavy (non-hydrogen) atoms. The van der Waals surface area contributed by atoms with Gasteiger partial charge in [-0.15, -0.1) is 11.3 Å². The summed E-state index contributed by atoms with van der Waals surface area (Å²) in [6.07, 6.45) is 0. The molecular weight excluding hydrogens is 290 g/mol. The van der Waals surface area contributed by atoms with Crippen LogP contribution in [0.15, 0.2) is 54.6 Å². The van der Waals surface area contributed by atoms with Crippen molar-refractivity contribution >= 4 is 27.9 Å². The summed E-state index contributed by atoms with van der Waals surface area (Å²) < 4.78 is 0. The van der Waals surface area contributed by atoms with E-state index < -0.39 is 0 Å². The van der Waals surface area contributed by atoms with Crippen LogP contribution in [0.4, 0.5) is 5.00 Å². The van der Waals surface area contributed by atoms with Gasteiger partial charge in [-0.2, -0.15) is 0 Å². The van der Waals surface area contributed by atoms with Crippen LogP contribution in [-0.4, -0.2) is 5.11 Å². The molecule has 2 nitrogen and oxygen atoms in total. The summed E-state index contributed by atoms with van der Waals surface area (Å²) in [6, 6.07) is 17.0. The molecule has 4 heteroatoms.